The first kappa shape index (κ1) is 18.6. The van der Waals surface area contributed by atoms with Crippen LogP contribution in [0.25, 0.3) is 11.5 Å². The molecule has 0 saturated heterocycles. The highest BCUT2D eigenvalue weighted by Gasteiger charge is 2.30. The molecule has 0 radical (unpaired) electrons. The molecule has 0 aliphatic heterocycles. The zero-order chi connectivity index (χ0) is 19.4. The van der Waals surface area contributed by atoms with E-state index in [-0.39, 0.29) is 17.9 Å². The molecular formula is C19H14F4N2O2. The number of hydrogen-bond donors (Lipinski definition) is 1. The van der Waals surface area contributed by atoms with Crippen LogP contribution in [0.2, 0.25) is 0 Å². The van der Waals surface area contributed by atoms with Gasteiger partial charge < -0.3 is 9.73 Å². The van der Waals surface area contributed by atoms with Crippen LogP contribution in [0.1, 0.15) is 21.6 Å². The Labute approximate surface area is 151 Å². The Morgan fingerprint density at radius 3 is 2.33 bits per heavy atom. The molecule has 1 amide bonds. The van der Waals surface area contributed by atoms with Crippen molar-refractivity contribution >= 4 is 5.91 Å². The Bertz CT molecular complexity index is 916. The first-order chi connectivity index (χ1) is 12.8. The van der Waals surface area contributed by atoms with Gasteiger partial charge in [-0.25, -0.2) is 9.37 Å². The van der Waals surface area contributed by atoms with E-state index < -0.39 is 17.6 Å². The molecule has 1 N–H and O–H groups in total. The summed E-state index contributed by atoms with van der Waals surface area (Å²) in [6.45, 7) is 0.231. The average molecular weight is 378 g/mol. The number of nitrogens with zero attached hydrogens (tertiary/aromatic N) is 1. The summed E-state index contributed by atoms with van der Waals surface area (Å²) in [5.41, 5.74) is 0.531. The molecule has 3 rings (SSSR count). The van der Waals surface area contributed by atoms with Gasteiger partial charge in [0.15, 0.2) is 0 Å². The molecule has 140 valence electrons. The van der Waals surface area contributed by atoms with Gasteiger partial charge in [0.2, 0.25) is 5.89 Å². The van der Waals surface area contributed by atoms with E-state index in [1.54, 1.807) is 0 Å². The Morgan fingerprint density at radius 2 is 1.70 bits per heavy atom. The topological polar surface area (TPSA) is 55.1 Å². The smallest absolute Gasteiger partial charge is 0.416 e. The summed E-state index contributed by atoms with van der Waals surface area (Å²) in [4.78, 5) is 16.2. The number of amides is 1. The van der Waals surface area contributed by atoms with Crippen LogP contribution >= 0.6 is 0 Å². The molecule has 0 bridgehead atoms. The number of hydrogen-bond acceptors (Lipinski definition) is 3. The van der Waals surface area contributed by atoms with Crippen LogP contribution in [0.4, 0.5) is 17.6 Å². The number of carbonyl (C=O) groups is 1. The lowest BCUT2D eigenvalue weighted by Gasteiger charge is -2.08. The quantitative estimate of drug-likeness (QED) is 0.667. The van der Waals surface area contributed by atoms with Gasteiger partial charge in [-0.2, -0.15) is 13.2 Å². The molecule has 0 unspecified atom stereocenters. The number of oxazole rings is 1. The molecular weight excluding hydrogens is 364 g/mol. The highest BCUT2D eigenvalue weighted by Crippen LogP contribution is 2.29. The maximum Gasteiger partial charge on any atom is 0.416 e. The van der Waals surface area contributed by atoms with Crippen LogP contribution in [0.5, 0.6) is 0 Å². The lowest BCUT2D eigenvalue weighted by atomic mass is 10.1. The Balaban J connectivity index is 1.54. The molecule has 4 nitrogen and oxygen atoms in total. The number of aromatic nitrogens is 1. The van der Waals surface area contributed by atoms with E-state index in [1.807, 2.05) is 0 Å². The van der Waals surface area contributed by atoms with Crippen LogP contribution in [0, 0.1) is 5.82 Å². The number of alkyl halides is 3. The fourth-order valence-electron chi connectivity index (χ4n) is 2.36. The third kappa shape index (κ3) is 4.72. The van der Waals surface area contributed by atoms with E-state index in [0.717, 1.165) is 24.3 Å². The summed E-state index contributed by atoms with van der Waals surface area (Å²) in [7, 11) is 0. The zero-order valence-electron chi connectivity index (χ0n) is 13.9. The summed E-state index contributed by atoms with van der Waals surface area (Å²) in [5, 5.41) is 2.61. The van der Waals surface area contributed by atoms with Crippen molar-refractivity contribution in [1.29, 1.82) is 0 Å². The molecule has 27 heavy (non-hydrogen) atoms. The minimum absolute atomic E-state index is 0.134. The highest BCUT2D eigenvalue weighted by atomic mass is 19.4. The van der Waals surface area contributed by atoms with E-state index in [0.29, 0.717) is 23.6 Å². The number of rotatable bonds is 5. The standard InChI is InChI=1S/C19H14F4N2O2/c20-15-7-3-13(4-8-15)18-25-16(11-27-18)9-10-24-17(26)12-1-5-14(6-2-12)19(21,22)23/h1-8,11H,9-10H2,(H,24,26). The Hall–Kier alpha value is -3.16. The van der Waals surface area contributed by atoms with Gasteiger partial charge >= 0.3 is 6.18 Å². The van der Waals surface area contributed by atoms with E-state index in [9.17, 15) is 22.4 Å². The van der Waals surface area contributed by atoms with Crippen LogP contribution in [-0.4, -0.2) is 17.4 Å². The molecule has 0 spiro atoms. The van der Waals surface area contributed by atoms with Crippen molar-refractivity contribution in [2.24, 2.45) is 0 Å². The van der Waals surface area contributed by atoms with Gasteiger partial charge in [0, 0.05) is 24.1 Å². The van der Waals surface area contributed by atoms with Crippen LogP contribution in [0.3, 0.4) is 0 Å². The number of benzene rings is 2. The van der Waals surface area contributed by atoms with Crippen LogP contribution in [-0.2, 0) is 12.6 Å². The number of halogens is 4. The van der Waals surface area contributed by atoms with Gasteiger partial charge in [0.05, 0.1) is 11.3 Å². The van der Waals surface area contributed by atoms with Crippen LogP contribution < -0.4 is 5.32 Å². The van der Waals surface area contributed by atoms with Crippen molar-refractivity contribution in [1.82, 2.24) is 10.3 Å². The molecule has 0 saturated carbocycles. The second kappa shape index (κ2) is 7.61. The van der Waals surface area contributed by atoms with Gasteiger partial charge in [-0.3, -0.25) is 4.79 Å². The lowest BCUT2D eigenvalue weighted by molar-refractivity contribution is -0.137. The summed E-state index contributed by atoms with van der Waals surface area (Å²) < 4.78 is 55.8. The maximum atomic E-state index is 12.9. The summed E-state index contributed by atoms with van der Waals surface area (Å²) >= 11 is 0. The van der Waals surface area contributed by atoms with Crippen molar-refractivity contribution in [2.75, 3.05) is 6.54 Å². The van der Waals surface area contributed by atoms with Crippen molar-refractivity contribution < 1.29 is 26.8 Å². The Kier molecular flexibility index (Phi) is 5.25. The second-order valence-electron chi connectivity index (χ2n) is 5.73. The maximum absolute atomic E-state index is 12.9. The van der Waals surface area contributed by atoms with Gasteiger partial charge in [0.25, 0.3) is 5.91 Å². The first-order valence-corrected chi connectivity index (χ1v) is 7.99. The second-order valence-corrected chi connectivity index (χ2v) is 5.73. The normalized spacial score (nSPS) is 11.4. The predicted octanol–water partition coefficient (Wildman–Crippen LogP) is 4.47. The molecule has 1 heterocycles. The van der Waals surface area contributed by atoms with E-state index >= 15 is 0 Å². The zero-order valence-corrected chi connectivity index (χ0v) is 13.9. The monoisotopic (exact) mass is 378 g/mol. The minimum atomic E-state index is -4.44. The lowest BCUT2D eigenvalue weighted by Crippen LogP contribution is -2.25. The third-order valence-corrected chi connectivity index (χ3v) is 3.78. The molecule has 2 aromatic carbocycles. The van der Waals surface area contributed by atoms with Crippen molar-refractivity contribution in [2.45, 2.75) is 12.6 Å². The summed E-state index contributed by atoms with van der Waals surface area (Å²) in [5.74, 6) is -0.512. The van der Waals surface area contributed by atoms with Crippen LogP contribution in [0.15, 0.2) is 59.2 Å². The SMILES string of the molecule is O=C(NCCc1coc(-c2ccc(F)cc2)n1)c1ccc(C(F)(F)F)cc1. The molecule has 8 heteroatoms. The van der Waals surface area contributed by atoms with Crippen molar-refractivity contribution in [3.8, 4) is 11.5 Å². The van der Waals surface area contributed by atoms with Gasteiger partial charge in [-0.05, 0) is 48.5 Å². The van der Waals surface area contributed by atoms with E-state index in [1.165, 1.54) is 30.5 Å². The summed E-state index contributed by atoms with van der Waals surface area (Å²) in [6.07, 6.45) is -2.63. The predicted molar refractivity (Wildman–Crippen MR) is 89.4 cm³/mol. The summed E-state index contributed by atoms with van der Waals surface area (Å²) in [6, 6.07) is 9.65. The largest absolute Gasteiger partial charge is 0.444 e. The third-order valence-electron chi connectivity index (χ3n) is 3.78. The molecule has 1 aromatic heterocycles. The molecule has 0 aliphatic rings. The fourth-order valence-corrected chi connectivity index (χ4v) is 2.36. The van der Waals surface area contributed by atoms with Crippen molar-refractivity contribution in [3.05, 3.63) is 77.4 Å². The minimum Gasteiger partial charge on any atom is -0.444 e. The molecule has 0 atom stereocenters. The van der Waals surface area contributed by atoms with Crippen molar-refractivity contribution in [3.63, 3.8) is 0 Å². The van der Waals surface area contributed by atoms with Gasteiger partial charge in [0.1, 0.15) is 12.1 Å². The Morgan fingerprint density at radius 1 is 1.04 bits per heavy atom. The van der Waals surface area contributed by atoms with Gasteiger partial charge in [-0.15, -0.1) is 0 Å². The van der Waals surface area contributed by atoms with E-state index in [2.05, 4.69) is 10.3 Å². The molecule has 0 aliphatic carbocycles. The average Bonchev–Trinajstić information content (AvgIpc) is 3.10. The highest BCUT2D eigenvalue weighted by molar-refractivity contribution is 5.94. The molecule has 0 fully saturated rings. The first-order valence-electron chi connectivity index (χ1n) is 7.99. The molecule has 3 aromatic rings. The van der Waals surface area contributed by atoms with Gasteiger partial charge in [-0.1, -0.05) is 0 Å². The number of carbonyl (C=O) groups excluding carboxylic acids is 1. The fraction of sp³-hybridized carbons (Fsp3) is 0.158. The number of nitrogens with one attached hydrogen (secondary N) is 1. The van der Waals surface area contributed by atoms with E-state index in [4.69, 9.17) is 4.42 Å².